The highest BCUT2D eigenvalue weighted by Gasteiger charge is 2.22. The summed E-state index contributed by atoms with van der Waals surface area (Å²) in [5, 5.41) is 2.53. The van der Waals surface area contributed by atoms with E-state index < -0.39 is 0 Å². The fourth-order valence-corrected chi connectivity index (χ4v) is 3.40. The van der Waals surface area contributed by atoms with E-state index in [2.05, 4.69) is 10.0 Å². The van der Waals surface area contributed by atoms with E-state index in [1.807, 2.05) is 0 Å². The number of unbranched alkanes of at least 4 members (excludes halogenated alkanes) is 2. The molecule has 0 spiro atoms. The Balaban J connectivity index is 1.56. The predicted molar refractivity (Wildman–Crippen MR) is 110 cm³/mol. The van der Waals surface area contributed by atoms with Gasteiger partial charge in [-0.3, -0.25) is 4.72 Å². The van der Waals surface area contributed by atoms with Crippen molar-refractivity contribution in [3.8, 4) is 5.75 Å². The molecule has 2 N–H and O–H groups in total. The van der Waals surface area contributed by atoms with E-state index in [1.165, 1.54) is 23.8 Å². The molecular formula is C20H30FN3O3S. The second-order valence-electron chi connectivity index (χ2n) is 6.91. The number of hydrogen-bond donors (Lipinski definition) is 2. The summed E-state index contributed by atoms with van der Waals surface area (Å²) < 4.78 is 22.8. The SMILES string of the molecule is CNC(=O)N(CC=O)CCCCCSNCc1cc(OCC2CC2)ccc1F. The van der Waals surface area contributed by atoms with Crippen molar-refractivity contribution in [2.75, 3.05) is 32.5 Å². The van der Waals surface area contributed by atoms with Gasteiger partial charge in [0.25, 0.3) is 0 Å². The van der Waals surface area contributed by atoms with E-state index in [1.54, 1.807) is 31.1 Å². The Morgan fingerprint density at radius 3 is 2.89 bits per heavy atom. The van der Waals surface area contributed by atoms with Crippen molar-refractivity contribution in [3.05, 3.63) is 29.6 Å². The van der Waals surface area contributed by atoms with Gasteiger partial charge in [-0.05, 0) is 49.8 Å². The molecule has 0 aliphatic heterocycles. The average Bonchev–Trinajstić information content (AvgIpc) is 3.53. The number of nitrogens with one attached hydrogen (secondary N) is 2. The zero-order valence-electron chi connectivity index (χ0n) is 16.4. The van der Waals surface area contributed by atoms with Crippen LogP contribution in [0.2, 0.25) is 0 Å². The van der Waals surface area contributed by atoms with Crippen LogP contribution in [0.15, 0.2) is 18.2 Å². The first-order chi connectivity index (χ1) is 13.6. The quantitative estimate of drug-likeness (QED) is 0.279. The van der Waals surface area contributed by atoms with Crippen LogP contribution in [0.5, 0.6) is 5.75 Å². The Morgan fingerprint density at radius 1 is 1.36 bits per heavy atom. The first-order valence-corrected chi connectivity index (χ1v) is 10.8. The Hall–Kier alpha value is -1.80. The molecule has 0 bridgehead atoms. The molecule has 0 radical (unpaired) electrons. The fraction of sp³-hybridized carbons (Fsp3) is 0.600. The van der Waals surface area contributed by atoms with Gasteiger partial charge in [-0.2, -0.15) is 0 Å². The second kappa shape index (κ2) is 12.6. The van der Waals surface area contributed by atoms with Gasteiger partial charge >= 0.3 is 6.03 Å². The zero-order valence-corrected chi connectivity index (χ0v) is 17.2. The van der Waals surface area contributed by atoms with E-state index in [4.69, 9.17) is 4.74 Å². The van der Waals surface area contributed by atoms with Crippen LogP contribution >= 0.6 is 11.9 Å². The summed E-state index contributed by atoms with van der Waals surface area (Å²) in [6, 6.07) is 4.68. The lowest BCUT2D eigenvalue weighted by atomic mass is 10.2. The maximum atomic E-state index is 13.9. The number of nitrogens with zero attached hydrogens (tertiary/aromatic N) is 1. The average molecular weight is 412 g/mol. The highest BCUT2D eigenvalue weighted by Crippen LogP contribution is 2.29. The van der Waals surface area contributed by atoms with Crippen molar-refractivity contribution in [3.63, 3.8) is 0 Å². The van der Waals surface area contributed by atoms with Crippen LogP contribution in [0.4, 0.5) is 9.18 Å². The molecule has 1 aromatic rings. The summed E-state index contributed by atoms with van der Waals surface area (Å²) in [4.78, 5) is 23.7. The molecule has 2 amide bonds. The van der Waals surface area contributed by atoms with Crippen LogP contribution in [0.1, 0.15) is 37.7 Å². The lowest BCUT2D eigenvalue weighted by Gasteiger charge is -2.19. The molecular weight excluding hydrogens is 381 g/mol. The number of aldehydes is 1. The number of benzene rings is 1. The summed E-state index contributed by atoms with van der Waals surface area (Å²) in [7, 11) is 1.56. The van der Waals surface area contributed by atoms with Crippen LogP contribution < -0.4 is 14.8 Å². The number of carbonyl (C=O) groups excluding carboxylic acids is 2. The lowest BCUT2D eigenvalue weighted by molar-refractivity contribution is -0.108. The van der Waals surface area contributed by atoms with E-state index >= 15 is 0 Å². The van der Waals surface area contributed by atoms with Crippen molar-refractivity contribution in [2.24, 2.45) is 5.92 Å². The van der Waals surface area contributed by atoms with E-state index in [0.717, 1.165) is 43.7 Å². The molecule has 0 aromatic heterocycles. The third kappa shape index (κ3) is 8.48. The first kappa shape index (κ1) is 22.5. The van der Waals surface area contributed by atoms with E-state index in [9.17, 15) is 14.0 Å². The minimum Gasteiger partial charge on any atom is -0.493 e. The number of rotatable bonds is 14. The van der Waals surface area contributed by atoms with Crippen molar-refractivity contribution in [2.45, 2.75) is 38.6 Å². The van der Waals surface area contributed by atoms with E-state index in [-0.39, 0.29) is 18.4 Å². The molecule has 0 saturated heterocycles. The second-order valence-corrected chi connectivity index (χ2v) is 7.89. The molecule has 6 nitrogen and oxygen atoms in total. The molecule has 156 valence electrons. The summed E-state index contributed by atoms with van der Waals surface area (Å²) in [5.74, 6) is 2.07. The molecule has 1 saturated carbocycles. The van der Waals surface area contributed by atoms with E-state index in [0.29, 0.717) is 24.6 Å². The van der Waals surface area contributed by atoms with Crippen molar-refractivity contribution < 1.29 is 18.7 Å². The van der Waals surface area contributed by atoms with Crippen LogP contribution in [-0.2, 0) is 11.3 Å². The lowest BCUT2D eigenvalue weighted by Crippen LogP contribution is -2.39. The van der Waals surface area contributed by atoms with Crippen molar-refractivity contribution >= 4 is 24.3 Å². The molecule has 1 fully saturated rings. The summed E-state index contributed by atoms with van der Waals surface area (Å²) in [6.45, 7) is 1.85. The smallest absolute Gasteiger partial charge is 0.317 e. The van der Waals surface area contributed by atoms with Crippen molar-refractivity contribution in [1.82, 2.24) is 14.9 Å². The van der Waals surface area contributed by atoms with Crippen LogP contribution in [0, 0.1) is 11.7 Å². The molecule has 1 aliphatic carbocycles. The summed E-state index contributed by atoms with van der Waals surface area (Å²) >= 11 is 1.56. The van der Waals surface area contributed by atoms with Gasteiger partial charge in [-0.15, -0.1) is 0 Å². The third-order valence-corrected chi connectivity index (χ3v) is 5.38. The first-order valence-electron chi connectivity index (χ1n) is 9.80. The zero-order chi connectivity index (χ0) is 20.2. The van der Waals surface area contributed by atoms with Gasteiger partial charge in [0.15, 0.2) is 0 Å². The number of carbonyl (C=O) groups is 2. The maximum Gasteiger partial charge on any atom is 0.317 e. The Morgan fingerprint density at radius 2 is 2.18 bits per heavy atom. The highest BCUT2D eigenvalue weighted by molar-refractivity contribution is 7.97. The standard InChI is InChI=1S/C20H30FN3O3S/c1-22-20(26)24(10-11-25)9-3-2-4-12-28-23-14-17-13-18(7-8-19(17)21)27-15-16-5-6-16/h7-8,11,13,16,23H,2-6,9-10,12,14-15H2,1H3,(H,22,26). The number of halogens is 1. The van der Waals surface area contributed by atoms with Gasteiger partial charge in [0.05, 0.1) is 13.2 Å². The van der Waals surface area contributed by atoms with Gasteiger partial charge in [0, 0.05) is 31.5 Å². The van der Waals surface area contributed by atoms with Gasteiger partial charge in [-0.25, -0.2) is 9.18 Å². The normalized spacial score (nSPS) is 13.2. The van der Waals surface area contributed by atoms with Crippen LogP contribution in [0.25, 0.3) is 0 Å². The predicted octanol–water partition coefficient (Wildman–Crippen LogP) is 3.36. The van der Waals surface area contributed by atoms with Crippen molar-refractivity contribution in [1.29, 1.82) is 0 Å². The third-order valence-electron chi connectivity index (χ3n) is 4.53. The molecule has 0 atom stereocenters. The molecule has 1 aromatic carbocycles. The number of hydrogen-bond acceptors (Lipinski definition) is 5. The number of urea groups is 1. The van der Waals surface area contributed by atoms with Crippen LogP contribution in [0.3, 0.4) is 0 Å². The van der Waals surface area contributed by atoms with Gasteiger partial charge < -0.3 is 19.7 Å². The van der Waals surface area contributed by atoms with Crippen LogP contribution in [-0.4, -0.2) is 49.7 Å². The fourth-order valence-electron chi connectivity index (χ4n) is 2.65. The maximum absolute atomic E-state index is 13.9. The monoisotopic (exact) mass is 411 g/mol. The molecule has 0 heterocycles. The number of ether oxygens (including phenoxy) is 1. The summed E-state index contributed by atoms with van der Waals surface area (Å²) in [6.07, 6.45) is 5.98. The largest absolute Gasteiger partial charge is 0.493 e. The molecule has 2 rings (SSSR count). The Kier molecular flexibility index (Phi) is 10.1. The minimum atomic E-state index is -0.228. The topological polar surface area (TPSA) is 70.7 Å². The minimum absolute atomic E-state index is 0.116. The van der Waals surface area contributed by atoms with Gasteiger partial charge in [-0.1, -0.05) is 18.4 Å². The van der Waals surface area contributed by atoms with Gasteiger partial charge in [0.1, 0.15) is 17.9 Å². The summed E-state index contributed by atoms with van der Waals surface area (Å²) in [5.41, 5.74) is 0.607. The highest BCUT2D eigenvalue weighted by atomic mass is 32.2. The van der Waals surface area contributed by atoms with Gasteiger partial charge in [0.2, 0.25) is 0 Å². The number of amides is 2. The molecule has 1 aliphatic rings. The molecule has 28 heavy (non-hydrogen) atoms. The molecule has 0 unspecified atom stereocenters. The Bertz CT molecular complexity index is 629. The molecule has 8 heteroatoms. The Labute approximate surface area is 170 Å².